The van der Waals surface area contributed by atoms with Crippen molar-refractivity contribution < 1.29 is 18.8 Å². The van der Waals surface area contributed by atoms with Crippen LogP contribution in [0.3, 0.4) is 0 Å². The largest absolute Gasteiger partial charge is 0.452 e. The van der Waals surface area contributed by atoms with Crippen molar-refractivity contribution in [1.82, 2.24) is 10.1 Å². The van der Waals surface area contributed by atoms with Crippen LogP contribution in [0.5, 0.6) is 0 Å². The molecule has 1 amide bonds. The van der Waals surface area contributed by atoms with Crippen LogP contribution >= 0.6 is 11.8 Å². The number of carbonyl (C=O) groups excluding carboxylic acids is 2. The highest BCUT2D eigenvalue weighted by Gasteiger charge is 2.16. The van der Waals surface area contributed by atoms with Crippen LogP contribution < -0.4 is 0 Å². The van der Waals surface area contributed by atoms with Gasteiger partial charge in [-0.3, -0.25) is 4.79 Å². The molecule has 7 nitrogen and oxygen atoms in total. The van der Waals surface area contributed by atoms with Gasteiger partial charge in [0.05, 0.1) is 23.7 Å². The second-order valence-corrected chi connectivity index (χ2v) is 6.53. The zero-order chi connectivity index (χ0) is 18.9. The number of rotatable bonds is 8. The first-order chi connectivity index (χ1) is 12.5. The molecule has 8 heteroatoms. The van der Waals surface area contributed by atoms with E-state index in [1.54, 1.807) is 19.2 Å². The van der Waals surface area contributed by atoms with E-state index in [0.717, 1.165) is 16.3 Å². The first kappa shape index (κ1) is 19.5. The van der Waals surface area contributed by atoms with Crippen LogP contribution in [0.15, 0.2) is 39.8 Å². The predicted octanol–water partition coefficient (Wildman–Crippen LogP) is 2.80. The summed E-state index contributed by atoms with van der Waals surface area (Å²) in [5, 5.41) is 12.5. The third-order valence-corrected chi connectivity index (χ3v) is 4.58. The molecule has 0 aliphatic rings. The summed E-state index contributed by atoms with van der Waals surface area (Å²) < 4.78 is 10.2. The van der Waals surface area contributed by atoms with E-state index in [-0.39, 0.29) is 18.9 Å². The summed E-state index contributed by atoms with van der Waals surface area (Å²) >= 11 is 1.44. The van der Waals surface area contributed by atoms with Gasteiger partial charge in [0.25, 0.3) is 5.91 Å². The highest BCUT2D eigenvalue weighted by atomic mass is 32.2. The van der Waals surface area contributed by atoms with Crippen molar-refractivity contribution in [2.24, 2.45) is 0 Å². The Bertz CT molecular complexity index is 813. The van der Waals surface area contributed by atoms with Gasteiger partial charge in [0.2, 0.25) is 0 Å². The molecule has 136 valence electrons. The van der Waals surface area contributed by atoms with Crippen LogP contribution in [0.4, 0.5) is 0 Å². The number of ether oxygens (including phenoxy) is 1. The fraction of sp³-hybridized carbons (Fsp3) is 0.333. The van der Waals surface area contributed by atoms with Gasteiger partial charge in [-0.2, -0.15) is 5.26 Å². The summed E-state index contributed by atoms with van der Waals surface area (Å²) in [6, 6.07) is 10.8. The Hall–Kier alpha value is -2.79. The second-order valence-electron chi connectivity index (χ2n) is 5.51. The van der Waals surface area contributed by atoms with Crippen molar-refractivity contribution in [2.45, 2.75) is 24.0 Å². The van der Waals surface area contributed by atoms with E-state index in [0.29, 0.717) is 17.9 Å². The van der Waals surface area contributed by atoms with E-state index in [1.807, 2.05) is 31.2 Å². The Balaban J connectivity index is 1.94. The Labute approximate surface area is 155 Å². The average Bonchev–Trinajstić information content (AvgIpc) is 3.07. The van der Waals surface area contributed by atoms with E-state index in [2.05, 4.69) is 5.16 Å². The molecule has 1 aromatic heterocycles. The van der Waals surface area contributed by atoms with Crippen LogP contribution in [-0.2, 0) is 15.3 Å². The molecule has 0 unspecified atom stereocenters. The molecule has 0 fully saturated rings. The number of aromatic nitrogens is 1. The number of amides is 1. The fourth-order valence-corrected chi connectivity index (χ4v) is 2.98. The van der Waals surface area contributed by atoms with Gasteiger partial charge in [0.1, 0.15) is 5.76 Å². The second kappa shape index (κ2) is 9.63. The Morgan fingerprint density at radius 3 is 2.85 bits per heavy atom. The third kappa shape index (κ3) is 5.63. The molecule has 2 aromatic rings. The lowest BCUT2D eigenvalue weighted by molar-refractivity contribution is -0.133. The quantitative estimate of drug-likeness (QED) is 0.518. The summed E-state index contributed by atoms with van der Waals surface area (Å²) in [4.78, 5) is 26.3. The van der Waals surface area contributed by atoms with E-state index in [1.165, 1.54) is 16.7 Å². The van der Waals surface area contributed by atoms with Crippen LogP contribution in [-0.4, -0.2) is 42.1 Å². The smallest absolute Gasteiger partial charge is 0.339 e. The van der Waals surface area contributed by atoms with E-state index < -0.39 is 5.97 Å². The SMILES string of the molecule is Cc1cc(CSc2ccccc2C(=O)OCC(=O)N(C)CCC#N)no1. The van der Waals surface area contributed by atoms with Crippen LogP contribution in [0, 0.1) is 18.3 Å². The number of nitrogens with zero attached hydrogens (tertiary/aromatic N) is 3. The zero-order valence-corrected chi connectivity index (χ0v) is 15.4. The van der Waals surface area contributed by atoms with Crippen molar-refractivity contribution in [1.29, 1.82) is 5.26 Å². The molecular formula is C18H19N3O4S. The van der Waals surface area contributed by atoms with E-state index >= 15 is 0 Å². The predicted molar refractivity (Wildman–Crippen MR) is 95.4 cm³/mol. The molecule has 0 radical (unpaired) electrons. The van der Waals surface area contributed by atoms with Crippen LogP contribution in [0.25, 0.3) is 0 Å². The lowest BCUT2D eigenvalue weighted by Gasteiger charge is -2.15. The first-order valence-corrected chi connectivity index (χ1v) is 8.92. The Morgan fingerprint density at radius 1 is 1.38 bits per heavy atom. The van der Waals surface area contributed by atoms with Gasteiger partial charge in [-0.25, -0.2) is 4.79 Å². The summed E-state index contributed by atoms with van der Waals surface area (Å²) in [5.41, 5.74) is 1.18. The molecule has 0 aliphatic carbocycles. The number of likely N-dealkylation sites (N-methyl/N-ethyl adjacent to an activating group) is 1. The molecule has 0 bridgehead atoms. The van der Waals surface area contributed by atoms with Gasteiger partial charge in [0.15, 0.2) is 6.61 Å². The molecule has 1 aromatic carbocycles. The minimum atomic E-state index is -0.563. The number of hydrogen-bond acceptors (Lipinski definition) is 7. The third-order valence-electron chi connectivity index (χ3n) is 3.47. The lowest BCUT2D eigenvalue weighted by Crippen LogP contribution is -2.32. The number of carbonyl (C=O) groups is 2. The van der Waals surface area contributed by atoms with Crippen molar-refractivity contribution in [3.8, 4) is 6.07 Å². The van der Waals surface area contributed by atoms with Crippen molar-refractivity contribution >= 4 is 23.6 Å². The van der Waals surface area contributed by atoms with Crippen molar-refractivity contribution in [2.75, 3.05) is 20.2 Å². The maximum absolute atomic E-state index is 12.3. The summed E-state index contributed by atoms with van der Waals surface area (Å²) in [5.74, 6) is 0.368. The molecule has 0 spiro atoms. The summed E-state index contributed by atoms with van der Waals surface area (Å²) in [7, 11) is 1.57. The van der Waals surface area contributed by atoms with Crippen LogP contribution in [0.2, 0.25) is 0 Å². The molecule has 0 atom stereocenters. The van der Waals surface area contributed by atoms with E-state index in [9.17, 15) is 9.59 Å². The molecule has 1 heterocycles. The van der Waals surface area contributed by atoms with Crippen molar-refractivity contribution in [3.63, 3.8) is 0 Å². The highest BCUT2D eigenvalue weighted by Crippen LogP contribution is 2.26. The number of esters is 1. The Kier molecular flexibility index (Phi) is 7.24. The molecule has 0 saturated carbocycles. The molecule has 0 saturated heterocycles. The monoisotopic (exact) mass is 373 g/mol. The minimum absolute atomic E-state index is 0.233. The first-order valence-electron chi connectivity index (χ1n) is 7.93. The minimum Gasteiger partial charge on any atom is -0.452 e. The number of benzene rings is 1. The topological polar surface area (TPSA) is 96.4 Å². The Morgan fingerprint density at radius 2 is 2.15 bits per heavy atom. The standard InChI is InChI=1S/C18H19N3O4S/c1-13-10-14(20-25-13)12-26-16-7-4-3-6-15(16)18(23)24-11-17(22)21(2)9-5-8-19/h3-4,6-7,10H,5,9,11-12H2,1-2H3. The lowest BCUT2D eigenvalue weighted by atomic mass is 10.2. The van der Waals surface area contributed by atoms with Gasteiger partial charge in [-0.1, -0.05) is 17.3 Å². The maximum Gasteiger partial charge on any atom is 0.339 e. The molecule has 0 aliphatic heterocycles. The molecule has 0 N–H and O–H groups in total. The number of nitriles is 1. The van der Waals surface area contributed by atoms with Crippen LogP contribution in [0.1, 0.15) is 28.2 Å². The van der Waals surface area contributed by atoms with Gasteiger partial charge in [-0.15, -0.1) is 11.8 Å². The number of hydrogen-bond donors (Lipinski definition) is 0. The highest BCUT2D eigenvalue weighted by molar-refractivity contribution is 7.98. The normalized spacial score (nSPS) is 10.2. The summed E-state index contributed by atoms with van der Waals surface area (Å²) in [6.45, 7) is 1.76. The van der Waals surface area contributed by atoms with Gasteiger partial charge >= 0.3 is 5.97 Å². The summed E-state index contributed by atoms with van der Waals surface area (Å²) in [6.07, 6.45) is 0.233. The fourth-order valence-electron chi connectivity index (χ4n) is 2.06. The average molecular weight is 373 g/mol. The molecular weight excluding hydrogens is 354 g/mol. The molecule has 26 heavy (non-hydrogen) atoms. The number of thioether (sulfide) groups is 1. The maximum atomic E-state index is 12.3. The van der Waals surface area contributed by atoms with E-state index in [4.69, 9.17) is 14.5 Å². The molecule has 2 rings (SSSR count). The van der Waals surface area contributed by atoms with Gasteiger partial charge in [0, 0.05) is 30.3 Å². The number of aryl methyl sites for hydroxylation is 1. The van der Waals surface area contributed by atoms with Crippen molar-refractivity contribution in [3.05, 3.63) is 47.3 Å². The van der Waals surface area contributed by atoms with Gasteiger partial charge in [-0.05, 0) is 19.1 Å². The zero-order valence-electron chi connectivity index (χ0n) is 14.6. The van der Waals surface area contributed by atoms with Gasteiger partial charge < -0.3 is 14.2 Å².